The van der Waals surface area contributed by atoms with Crippen LogP contribution >= 0.6 is 11.3 Å². The Morgan fingerprint density at radius 2 is 2.08 bits per heavy atom. The second kappa shape index (κ2) is 7.09. The Balaban J connectivity index is 2.32. The fraction of sp³-hybridized carbons (Fsp3) is 0.200. The number of carbonyl (C=O) groups is 2. The normalized spacial score (nSPS) is 10.2. The van der Waals surface area contributed by atoms with Crippen molar-refractivity contribution in [1.29, 1.82) is 0 Å². The maximum atomic E-state index is 12.3. The monoisotopic (exact) mass is 349 g/mol. The zero-order valence-corrected chi connectivity index (χ0v) is 13.8. The molecule has 0 radical (unpaired) electrons. The van der Waals surface area contributed by atoms with Gasteiger partial charge in [0.2, 0.25) is 0 Å². The van der Waals surface area contributed by atoms with Crippen LogP contribution in [0.15, 0.2) is 24.3 Å². The van der Waals surface area contributed by atoms with E-state index in [1.165, 1.54) is 23.5 Å². The number of amides is 2. The minimum atomic E-state index is -0.660. The van der Waals surface area contributed by atoms with E-state index in [-0.39, 0.29) is 29.2 Å². The number of nitrogens with zero attached hydrogens (tertiary/aromatic N) is 1. The first-order valence-corrected chi connectivity index (χ1v) is 7.78. The fourth-order valence-corrected chi connectivity index (χ4v) is 2.96. The lowest BCUT2D eigenvalue weighted by atomic mass is 10.1. The number of hydrogen-bond donors (Lipinski definition) is 2. The Hall–Kier alpha value is -2.94. The van der Waals surface area contributed by atoms with Gasteiger partial charge in [-0.15, -0.1) is 11.3 Å². The summed E-state index contributed by atoms with van der Waals surface area (Å²) < 4.78 is 5.17. The van der Waals surface area contributed by atoms with Crippen LogP contribution in [0.1, 0.15) is 32.5 Å². The number of nitrogens with one attached hydrogen (secondary N) is 1. The Morgan fingerprint density at radius 3 is 2.67 bits per heavy atom. The number of nitrogens with two attached hydrogens (primary N) is 1. The minimum Gasteiger partial charge on any atom is -0.487 e. The number of nitro groups is 1. The topological polar surface area (TPSA) is 125 Å². The molecule has 3 N–H and O–H groups in total. The summed E-state index contributed by atoms with van der Waals surface area (Å²) in [6, 6.07) is 5.48. The van der Waals surface area contributed by atoms with Crippen molar-refractivity contribution in [2.24, 2.45) is 5.73 Å². The molecule has 8 nitrogen and oxygen atoms in total. The second-order valence-corrected chi connectivity index (χ2v) is 6.05. The van der Waals surface area contributed by atoms with Crippen LogP contribution in [0.5, 0.6) is 5.75 Å². The van der Waals surface area contributed by atoms with Gasteiger partial charge in [0, 0.05) is 16.5 Å². The van der Waals surface area contributed by atoms with E-state index < -0.39 is 16.7 Å². The Morgan fingerprint density at radius 1 is 1.38 bits per heavy atom. The maximum Gasteiger partial charge on any atom is 0.311 e. The molecule has 2 amide bonds. The van der Waals surface area contributed by atoms with Gasteiger partial charge in [0.15, 0.2) is 5.75 Å². The number of benzene rings is 1. The van der Waals surface area contributed by atoms with Gasteiger partial charge in [-0.2, -0.15) is 0 Å². The smallest absolute Gasteiger partial charge is 0.311 e. The van der Waals surface area contributed by atoms with Crippen molar-refractivity contribution in [3.05, 3.63) is 50.4 Å². The number of anilines is 1. The third kappa shape index (κ3) is 3.69. The van der Waals surface area contributed by atoms with Crippen LogP contribution in [-0.2, 0) is 0 Å². The molecule has 0 spiro atoms. The van der Waals surface area contributed by atoms with Crippen LogP contribution in [0.3, 0.4) is 0 Å². The molecule has 2 aromatic rings. The zero-order chi connectivity index (χ0) is 17.9. The summed E-state index contributed by atoms with van der Waals surface area (Å²) in [6.07, 6.45) is 0. The Kier molecular flexibility index (Phi) is 5.14. The summed E-state index contributed by atoms with van der Waals surface area (Å²) in [5.41, 5.74) is 5.24. The van der Waals surface area contributed by atoms with E-state index in [9.17, 15) is 19.7 Å². The zero-order valence-electron chi connectivity index (χ0n) is 13.0. The van der Waals surface area contributed by atoms with E-state index in [4.69, 9.17) is 10.5 Å². The number of rotatable bonds is 6. The van der Waals surface area contributed by atoms with Crippen molar-refractivity contribution in [2.45, 2.75) is 13.8 Å². The molecule has 1 heterocycles. The van der Waals surface area contributed by atoms with Gasteiger partial charge in [-0.05, 0) is 32.0 Å². The highest BCUT2D eigenvalue weighted by molar-refractivity contribution is 7.16. The molecule has 0 aliphatic carbocycles. The quantitative estimate of drug-likeness (QED) is 0.613. The Labute approximate surface area is 141 Å². The first kappa shape index (κ1) is 17.4. The summed E-state index contributed by atoms with van der Waals surface area (Å²) in [6.45, 7) is 3.74. The second-order valence-electron chi connectivity index (χ2n) is 4.79. The molecule has 0 unspecified atom stereocenters. The first-order chi connectivity index (χ1) is 11.3. The van der Waals surface area contributed by atoms with Crippen molar-refractivity contribution in [1.82, 2.24) is 0 Å². The lowest BCUT2D eigenvalue weighted by molar-refractivity contribution is -0.385. The number of primary amides is 1. The average Bonchev–Trinajstić information content (AvgIpc) is 2.88. The highest BCUT2D eigenvalue weighted by Gasteiger charge is 2.20. The molecule has 0 aliphatic heterocycles. The third-order valence-corrected chi connectivity index (χ3v) is 4.03. The molecule has 24 heavy (non-hydrogen) atoms. The standard InChI is InChI=1S/C15H15N3O5S/c1-3-23-12-5-4-9(7-11(12)18(21)22)14(20)17-15-10(13(16)19)6-8(2)24-15/h4-7H,3H2,1-2H3,(H2,16,19)(H,17,20). The van der Waals surface area contributed by atoms with E-state index in [0.717, 1.165) is 10.9 Å². The van der Waals surface area contributed by atoms with Crippen molar-refractivity contribution >= 4 is 33.8 Å². The molecule has 1 aromatic heterocycles. The van der Waals surface area contributed by atoms with Gasteiger partial charge in [0.05, 0.1) is 17.1 Å². The number of ether oxygens (including phenoxy) is 1. The van der Waals surface area contributed by atoms with Gasteiger partial charge in [0.25, 0.3) is 11.8 Å². The summed E-state index contributed by atoms with van der Waals surface area (Å²) >= 11 is 1.20. The number of thiophene rings is 1. The van der Waals surface area contributed by atoms with Gasteiger partial charge in [0.1, 0.15) is 5.00 Å². The average molecular weight is 349 g/mol. The van der Waals surface area contributed by atoms with Crippen LogP contribution in [-0.4, -0.2) is 23.3 Å². The molecule has 1 aromatic carbocycles. The fourth-order valence-electron chi connectivity index (χ4n) is 2.04. The largest absolute Gasteiger partial charge is 0.487 e. The molecular formula is C15H15N3O5S. The summed E-state index contributed by atoms with van der Waals surface area (Å²) in [5.74, 6) is -1.15. The van der Waals surface area contributed by atoms with E-state index in [1.807, 2.05) is 0 Å². The summed E-state index contributed by atoms with van der Waals surface area (Å²) in [4.78, 5) is 35.0. The van der Waals surface area contributed by atoms with Crippen molar-refractivity contribution < 1.29 is 19.2 Å². The lowest BCUT2D eigenvalue weighted by Crippen LogP contribution is -2.16. The van der Waals surface area contributed by atoms with Crippen LogP contribution in [0.2, 0.25) is 0 Å². The molecule has 126 valence electrons. The van der Waals surface area contributed by atoms with Gasteiger partial charge in [-0.3, -0.25) is 19.7 Å². The van der Waals surface area contributed by atoms with Crippen molar-refractivity contribution in [3.8, 4) is 5.75 Å². The van der Waals surface area contributed by atoms with Crippen LogP contribution < -0.4 is 15.8 Å². The molecule has 0 fully saturated rings. The van der Waals surface area contributed by atoms with E-state index in [2.05, 4.69) is 5.32 Å². The maximum absolute atomic E-state index is 12.3. The highest BCUT2D eigenvalue weighted by Crippen LogP contribution is 2.30. The molecule has 0 aliphatic rings. The Bertz CT molecular complexity index is 815. The van der Waals surface area contributed by atoms with Crippen molar-refractivity contribution in [3.63, 3.8) is 0 Å². The summed E-state index contributed by atoms with van der Waals surface area (Å²) in [5, 5.41) is 14.0. The molecular weight excluding hydrogens is 334 g/mol. The summed E-state index contributed by atoms with van der Waals surface area (Å²) in [7, 11) is 0. The third-order valence-electron chi connectivity index (χ3n) is 3.07. The number of carbonyl (C=O) groups excluding carboxylic acids is 2. The van der Waals surface area contributed by atoms with Crippen molar-refractivity contribution in [2.75, 3.05) is 11.9 Å². The predicted molar refractivity (Wildman–Crippen MR) is 89.8 cm³/mol. The molecule has 0 bridgehead atoms. The van der Waals surface area contributed by atoms with Gasteiger partial charge in [-0.25, -0.2) is 0 Å². The molecule has 0 saturated heterocycles. The molecule has 2 rings (SSSR count). The lowest BCUT2D eigenvalue weighted by Gasteiger charge is -2.07. The SMILES string of the molecule is CCOc1ccc(C(=O)Nc2sc(C)cc2C(N)=O)cc1[N+](=O)[O-]. The van der Waals surface area contributed by atoms with Crippen LogP contribution in [0.25, 0.3) is 0 Å². The van der Waals surface area contributed by atoms with E-state index in [0.29, 0.717) is 5.00 Å². The van der Waals surface area contributed by atoms with Gasteiger partial charge >= 0.3 is 5.69 Å². The van der Waals surface area contributed by atoms with E-state index >= 15 is 0 Å². The molecule has 0 atom stereocenters. The predicted octanol–water partition coefficient (Wildman–Crippen LogP) is 2.71. The molecule has 0 saturated carbocycles. The number of aryl methyl sites for hydroxylation is 1. The van der Waals surface area contributed by atoms with Crippen LogP contribution in [0, 0.1) is 17.0 Å². The minimum absolute atomic E-state index is 0.0756. The molecule has 9 heteroatoms. The first-order valence-electron chi connectivity index (χ1n) is 6.96. The van der Waals surface area contributed by atoms with Gasteiger partial charge in [-0.1, -0.05) is 0 Å². The number of nitro benzene ring substituents is 1. The van der Waals surface area contributed by atoms with E-state index in [1.54, 1.807) is 19.9 Å². The highest BCUT2D eigenvalue weighted by atomic mass is 32.1. The number of hydrogen-bond acceptors (Lipinski definition) is 6. The van der Waals surface area contributed by atoms with Crippen LogP contribution in [0.4, 0.5) is 10.7 Å². The van der Waals surface area contributed by atoms with Gasteiger partial charge < -0.3 is 15.8 Å².